The standard InChI is InChI=1S/C12H8Cl2O3S2/c13-8-3-1-7(2-4-8)11-9(14)5-6-10(12(11)18)19(15,16)17/h1-6,18H,(H,15,16,17). The molecule has 0 saturated heterocycles. The second-order valence-electron chi connectivity index (χ2n) is 3.75. The first-order valence-corrected chi connectivity index (χ1v) is 7.70. The van der Waals surface area contributed by atoms with Gasteiger partial charge in [0, 0.05) is 20.5 Å². The SMILES string of the molecule is O=S(=O)(O)c1ccc(Cl)c(-c2ccc(Cl)cc2)c1S. The van der Waals surface area contributed by atoms with Gasteiger partial charge in [-0.2, -0.15) is 8.42 Å². The van der Waals surface area contributed by atoms with Gasteiger partial charge in [0.05, 0.1) is 0 Å². The van der Waals surface area contributed by atoms with Crippen LogP contribution in [0, 0.1) is 0 Å². The minimum absolute atomic E-state index is 0.0947. The molecule has 100 valence electrons. The van der Waals surface area contributed by atoms with E-state index in [-0.39, 0.29) is 9.79 Å². The molecule has 0 aromatic heterocycles. The van der Waals surface area contributed by atoms with Crippen LogP contribution in [0.4, 0.5) is 0 Å². The van der Waals surface area contributed by atoms with Crippen molar-refractivity contribution in [2.24, 2.45) is 0 Å². The van der Waals surface area contributed by atoms with Crippen molar-refractivity contribution >= 4 is 45.9 Å². The van der Waals surface area contributed by atoms with Crippen LogP contribution in [0.1, 0.15) is 0 Å². The van der Waals surface area contributed by atoms with Crippen LogP contribution in [-0.4, -0.2) is 13.0 Å². The summed E-state index contributed by atoms with van der Waals surface area (Å²) < 4.78 is 31.6. The van der Waals surface area contributed by atoms with Gasteiger partial charge in [-0.25, -0.2) is 0 Å². The minimum atomic E-state index is -4.35. The molecule has 0 atom stereocenters. The van der Waals surface area contributed by atoms with E-state index in [1.165, 1.54) is 12.1 Å². The van der Waals surface area contributed by atoms with Crippen molar-refractivity contribution in [2.75, 3.05) is 0 Å². The van der Waals surface area contributed by atoms with Gasteiger partial charge >= 0.3 is 0 Å². The number of benzene rings is 2. The fourth-order valence-electron chi connectivity index (χ4n) is 1.65. The van der Waals surface area contributed by atoms with Crippen molar-refractivity contribution in [1.29, 1.82) is 0 Å². The van der Waals surface area contributed by atoms with Crippen LogP contribution in [0.3, 0.4) is 0 Å². The number of hydrogen-bond donors (Lipinski definition) is 2. The number of thiol groups is 1. The summed E-state index contributed by atoms with van der Waals surface area (Å²) in [7, 11) is -4.35. The van der Waals surface area contributed by atoms with Gasteiger partial charge in [-0.05, 0) is 29.8 Å². The summed E-state index contributed by atoms with van der Waals surface area (Å²) in [5.74, 6) is 0. The molecule has 2 rings (SSSR count). The summed E-state index contributed by atoms with van der Waals surface area (Å²) in [6.45, 7) is 0. The van der Waals surface area contributed by atoms with Crippen molar-refractivity contribution in [3.05, 3.63) is 46.4 Å². The fourth-order valence-corrected chi connectivity index (χ4v) is 3.36. The summed E-state index contributed by atoms with van der Waals surface area (Å²) >= 11 is 16.0. The van der Waals surface area contributed by atoms with Crippen LogP contribution in [0.2, 0.25) is 10.0 Å². The molecular formula is C12H8Cl2O3S2. The van der Waals surface area contributed by atoms with E-state index in [0.29, 0.717) is 21.2 Å². The predicted molar refractivity (Wildman–Crippen MR) is 79.0 cm³/mol. The molecule has 1 N–H and O–H groups in total. The molecule has 0 radical (unpaired) electrons. The van der Waals surface area contributed by atoms with E-state index in [1.54, 1.807) is 24.3 Å². The first-order chi connectivity index (χ1) is 8.80. The molecule has 0 fully saturated rings. The third-order valence-corrected chi connectivity index (χ3v) is 4.58. The van der Waals surface area contributed by atoms with Crippen LogP contribution >= 0.6 is 35.8 Å². The van der Waals surface area contributed by atoms with Crippen LogP contribution < -0.4 is 0 Å². The Labute approximate surface area is 126 Å². The largest absolute Gasteiger partial charge is 0.295 e. The van der Waals surface area contributed by atoms with Gasteiger partial charge in [0.15, 0.2) is 0 Å². The highest BCUT2D eigenvalue weighted by molar-refractivity contribution is 7.87. The molecule has 0 aliphatic rings. The Bertz CT molecular complexity index is 725. The Balaban J connectivity index is 2.73. The van der Waals surface area contributed by atoms with Gasteiger partial charge in [0.2, 0.25) is 0 Å². The van der Waals surface area contributed by atoms with Gasteiger partial charge < -0.3 is 0 Å². The van der Waals surface area contributed by atoms with Gasteiger partial charge in [-0.3, -0.25) is 4.55 Å². The summed E-state index contributed by atoms with van der Waals surface area (Å²) in [5, 5.41) is 0.881. The molecule has 0 aliphatic carbocycles. The Morgan fingerprint density at radius 3 is 2.11 bits per heavy atom. The van der Waals surface area contributed by atoms with E-state index in [4.69, 9.17) is 27.8 Å². The summed E-state index contributed by atoms with van der Waals surface area (Å²) in [4.78, 5) is -0.192. The smallest absolute Gasteiger partial charge is 0.282 e. The number of rotatable bonds is 2. The molecular weight excluding hydrogens is 327 g/mol. The lowest BCUT2D eigenvalue weighted by molar-refractivity contribution is 0.481. The summed E-state index contributed by atoms with van der Waals surface area (Å²) in [6, 6.07) is 9.29. The topological polar surface area (TPSA) is 54.4 Å². The molecule has 2 aromatic rings. The van der Waals surface area contributed by atoms with Crippen molar-refractivity contribution in [3.8, 4) is 11.1 Å². The van der Waals surface area contributed by atoms with Crippen molar-refractivity contribution < 1.29 is 13.0 Å². The molecule has 7 heteroatoms. The minimum Gasteiger partial charge on any atom is -0.282 e. The van der Waals surface area contributed by atoms with E-state index in [1.807, 2.05) is 0 Å². The highest BCUT2D eigenvalue weighted by atomic mass is 35.5. The lowest BCUT2D eigenvalue weighted by Crippen LogP contribution is -2.00. The summed E-state index contributed by atoms with van der Waals surface area (Å²) in [6.07, 6.45) is 0. The lowest BCUT2D eigenvalue weighted by Gasteiger charge is -2.11. The van der Waals surface area contributed by atoms with Gasteiger partial charge in [0.1, 0.15) is 4.90 Å². The number of halogens is 2. The van der Waals surface area contributed by atoms with Crippen molar-refractivity contribution in [3.63, 3.8) is 0 Å². The van der Waals surface area contributed by atoms with Gasteiger partial charge in [-0.1, -0.05) is 35.3 Å². The molecule has 19 heavy (non-hydrogen) atoms. The van der Waals surface area contributed by atoms with E-state index in [9.17, 15) is 8.42 Å². The second-order valence-corrected chi connectivity index (χ2v) is 6.43. The first kappa shape index (κ1) is 14.7. The number of hydrogen-bond acceptors (Lipinski definition) is 3. The maximum atomic E-state index is 11.2. The molecule has 3 nitrogen and oxygen atoms in total. The quantitative estimate of drug-likeness (QED) is 0.639. The molecule has 0 amide bonds. The van der Waals surface area contributed by atoms with Gasteiger partial charge in [-0.15, -0.1) is 12.6 Å². The van der Waals surface area contributed by atoms with Crippen molar-refractivity contribution in [1.82, 2.24) is 0 Å². The van der Waals surface area contributed by atoms with E-state index < -0.39 is 10.1 Å². The van der Waals surface area contributed by atoms with Crippen LogP contribution in [-0.2, 0) is 10.1 Å². The first-order valence-electron chi connectivity index (χ1n) is 5.05. The van der Waals surface area contributed by atoms with Crippen LogP contribution in [0.25, 0.3) is 11.1 Å². The maximum Gasteiger partial charge on any atom is 0.295 e. The lowest BCUT2D eigenvalue weighted by atomic mass is 10.1. The Morgan fingerprint density at radius 2 is 1.58 bits per heavy atom. The zero-order chi connectivity index (χ0) is 14.2. The average molecular weight is 335 g/mol. The van der Waals surface area contributed by atoms with E-state index >= 15 is 0 Å². The fraction of sp³-hybridized carbons (Fsp3) is 0. The second kappa shape index (κ2) is 5.34. The highest BCUT2D eigenvalue weighted by Gasteiger charge is 2.19. The Morgan fingerprint density at radius 1 is 1.00 bits per heavy atom. The van der Waals surface area contributed by atoms with Crippen molar-refractivity contribution in [2.45, 2.75) is 9.79 Å². The molecule has 0 saturated carbocycles. The predicted octanol–water partition coefficient (Wildman–Crippen LogP) is 4.20. The third-order valence-electron chi connectivity index (χ3n) is 2.50. The molecule has 0 bridgehead atoms. The Hall–Kier alpha value is -0.720. The molecule has 0 aliphatic heterocycles. The van der Waals surface area contributed by atoms with Gasteiger partial charge in [0.25, 0.3) is 10.1 Å². The van der Waals surface area contributed by atoms with Crippen LogP contribution in [0.15, 0.2) is 46.2 Å². The zero-order valence-electron chi connectivity index (χ0n) is 9.34. The average Bonchev–Trinajstić information content (AvgIpc) is 2.29. The zero-order valence-corrected chi connectivity index (χ0v) is 12.6. The maximum absolute atomic E-state index is 11.2. The molecule has 2 aromatic carbocycles. The van der Waals surface area contributed by atoms with Crippen LogP contribution in [0.5, 0.6) is 0 Å². The Kier molecular flexibility index (Phi) is 4.13. The highest BCUT2D eigenvalue weighted by Crippen LogP contribution is 2.37. The van der Waals surface area contributed by atoms with E-state index in [2.05, 4.69) is 12.6 Å². The molecule has 0 heterocycles. The van der Waals surface area contributed by atoms with E-state index in [0.717, 1.165) is 0 Å². The normalized spacial score (nSPS) is 11.6. The molecule has 0 spiro atoms. The monoisotopic (exact) mass is 334 g/mol. The third kappa shape index (κ3) is 3.07. The summed E-state index contributed by atoms with van der Waals surface area (Å²) in [5.41, 5.74) is 1.08. The molecule has 0 unspecified atom stereocenters.